The predicted octanol–water partition coefficient (Wildman–Crippen LogP) is 14.3. The van der Waals surface area contributed by atoms with Crippen LogP contribution >= 0.6 is 0 Å². The van der Waals surface area contributed by atoms with Crippen molar-refractivity contribution in [1.82, 2.24) is 4.57 Å². The molecule has 0 saturated carbocycles. The van der Waals surface area contributed by atoms with Crippen LogP contribution in [-0.2, 0) is 0 Å². The zero-order valence-electron chi connectivity index (χ0n) is 28.9. The monoisotopic (exact) mass is 672 g/mol. The van der Waals surface area contributed by atoms with E-state index in [1.165, 1.54) is 43.7 Å². The Bertz CT molecular complexity index is 2960. The second kappa shape index (κ2) is 12.5. The van der Waals surface area contributed by atoms with Crippen molar-refractivity contribution in [2.75, 3.05) is 0 Å². The average molecular weight is 673 g/mol. The quantitative estimate of drug-likeness (QED) is 0.127. The number of hydrogen-bond acceptors (Lipinski definition) is 0. The molecule has 2 nitrogen and oxygen atoms in total. The smallest absolute Gasteiger partial charge is 0.195 e. The molecule has 2 heteroatoms. The minimum absolute atomic E-state index is 0.643. The molecule has 1 aromatic heterocycles. The fourth-order valence-corrected chi connectivity index (χ4v) is 8.25. The fourth-order valence-electron chi connectivity index (χ4n) is 8.25. The minimum atomic E-state index is 0.643. The van der Waals surface area contributed by atoms with Gasteiger partial charge in [-0.05, 0) is 102 Å². The lowest BCUT2D eigenvalue weighted by molar-refractivity contribution is 1.18. The summed E-state index contributed by atoms with van der Waals surface area (Å²) in [5.41, 5.74) is 13.0. The average Bonchev–Trinajstić information content (AvgIpc) is 3.57. The van der Waals surface area contributed by atoms with Gasteiger partial charge in [0, 0.05) is 16.5 Å². The van der Waals surface area contributed by atoms with Gasteiger partial charge < -0.3 is 4.57 Å². The van der Waals surface area contributed by atoms with Crippen molar-refractivity contribution >= 4 is 49.0 Å². The van der Waals surface area contributed by atoms with Crippen molar-refractivity contribution in [2.45, 2.75) is 0 Å². The number of rotatable bonds is 5. The molecule has 0 N–H and O–H groups in total. The maximum absolute atomic E-state index is 8.39. The van der Waals surface area contributed by atoms with Crippen LogP contribution in [0.3, 0.4) is 0 Å². The van der Waals surface area contributed by atoms with Gasteiger partial charge in [0.2, 0.25) is 0 Å². The Morgan fingerprint density at radius 1 is 0.340 bits per heavy atom. The van der Waals surface area contributed by atoms with E-state index in [0.717, 1.165) is 49.8 Å². The first-order valence-corrected chi connectivity index (χ1v) is 18.0. The second-order valence-corrected chi connectivity index (χ2v) is 13.6. The molecule has 10 aromatic rings. The van der Waals surface area contributed by atoms with Crippen molar-refractivity contribution in [3.8, 4) is 50.2 Å². The highest BCUT2D eigenvalue weighted by atomic mass is 15.0. The normalized spacial score (nSPS) is 11.4. The van der Waals surface area contributed by atoms with Gasteiger partial charge in [-0.15, -0.1) is 0 Å². The van der Waals surface area contributed by atoms with Crippen molar-refractivity contribution in [3.63, 3.8) is 0 Å². The van der Waals surface area contributed by atoms with Crippen LogP contribution in [0.15, 0.2) is 194 Å². The second-order valence-electron chi connectivity index (χ2n) is 13.6. The summed E-state index contributed by atoms with van der Waals surface area (Å²) in [5, 5.41) is 7.16. The molecule has 0 radical (unpaired) electrons. The maximum Gasteiger partial charge on any atom is 0.195 e. The van der Waals surface area contributed by atoms with Gasteiger partial charge in [0.15, 0.2) is 5.69 Å². The molecule has 1 heterocycles. The summed E-state index contributed by atoms with van der Waals surface area (Å²) < 4.78 is 2.36. The van der Waals surface area contributed by atoms with E-state index in [9.17, 15) is 0 Å². The summed E-state index contributed by atoms with van der Waals surface area (Å²) in [6.07, 6.45) is 0. The maximum atomic E-state index is 8.39. The van der Waals surface area contributed by atoms with Crippen LogP contribution < -0.4 is 0 Å². The molecule has 10 rings (SSSR count). The molecule has 0 aliphatic heterocycles. The van der Waals surface area contributed by atoms with Crippen LogP contribution in [-0.4, -0.2) is 4.57 Å². The van der Waals surface area contributed by atoms with Gasteiger partial charge in [-0.3, -0.25) is 0 Å². The molecule has 9 aromatic carbocycles. The first-order chi connectivity index (χ1) is 26.3. The molecule has 0 bridgehead atoms. The molecule has 0 saturated heterocycles. The van der Waals surface area contributed by atoms with Crippen molar-refractivity contribution in [3.05, 3.63) is 206 Å². The van der Waals surface area contributed by atoms with E-state index in [2.05, 4.69) is 204 Å². The molecule has 0 aliphatic carbocycles. The topological polar surface area (TPSA) is 9.29 Å². The SMILES string of the molecule is [C-]#[N+]c1cc(-c2cccc(-c3cccc(-n4c5ccccc5c5ccccc54)c3)c2)ccc1-c1c2ccccc2c(-c2ccccc2)c2ccccc12. The Balaban J connectivity index is 1.09. The first-order valence-electron chi connectivity index (χ1n) is 18.0. The fraction of sp³-hybridized carbons (Fsp3) is 0. The summed E-state index contributed by atoms with van der Waals surface area (Å²) in [5.74, 6) is 0. The van der Waals surface area contributed by atoms with Crippen LogP contribution in [0.1, 0.15) is 0 Å². The molecular weight excluding hydrogens is 641 g/mol. The zero-order valence-corrected chi connectivity index (χ0v) is 28.9. The summed E-state index contributed by atoms with van der Waals surface area (Å²) in [4.78, 5) is 4.14. The number of aromatic nitrogens is 1. The predicted molar refractivity (Wildman–Crippen MR) is 224 cm³/mol. The Kier molecular flexibility index (Phi) is 7.23. The molecule has 0 amide bonds. The van der Waals surface area contributed by atoms with E-state index in [1.807, 2.05) is 0 Å². The zero-order chi connectivity index (χ0) is 35.3. The van der Waals surface area contributed by atoms with Crippen LogP contribution in [0.25, 0.3) is 98.4 Å². The molecule has 53 heavy (non-hydrogen) atoms. The van der Waals surface area contributed by atoms with Crippen LogP contribution in [0.5, 0.6) is 0 Å². The molecule has 0 fully saturated rings. The highest BCUT2D eigenvalue weighted by Crippen LogP contribution is 2.47. The van der Waals surface area contributed by atoms with Gasteiger partial charge in [0.05, 0.1) is 17.6 Å². The Morgan fingerprint density at radius 2 is 0.792 bits per heavy atom. The van der Waals surface area contributed by atoms with Gasteiger partial charge in [-0.1, -0.05) is 158 Å². The molecule has 246 valence electrons. The van der Waals surface area contributed by atoms with E-state index in [1.54, 1.807) is 0 Å². The summed E-state index contributed by atoms with van der Waals surface area (Å²) in [7, 11) is 0. The van der Waals surface area contributed by atoms with E-state index in [4.69, 9.17) is 6.57 Å². The molecule has 0 unspecified atom stereocenters. The van der Waals surface area contributed by atoms with Crippen molar-refractivity contribution in [1.29, 1.82) is 0 Å². The first kappa shape index (κ1) is 30.6. The lowest BCUT2D eigenvalue weighted by Crippen LogP contribution is -1.94. The molecule has 0 aliphatic rings. The number of nitrogens with zero attached hydrogens (tertiary/aromatic N) is 2. The standard InChI is InChI=1S/C51H32N2/c1-52-47-33-38(29-30-46(47)51-44-25-7-5-23-42(44)50(34-15-3-2-4-16-34)43-24-6-8-26-45(43)51)36-18-13-17-35(31-36)37-19-14-20-39(32-37)53-48-27-11-9-21-40(48)41-22-10-12-28-49(41)53/h2-33H. The van der Waals surface area contributed by atoms with E-state index >= 15 is 0 Å². The van der Waals surface area contributed by atoms with E-state index in [-0.39, 0.29) is 0 Å². The van der Waals surface area contributed by atoms with Gasteiger partial charge >= 0.3 is 0 Å². The van der Waals surface area contributed by atoms with Crippen LogP contribution in [0.4, 0.5) is 5.69 Å². The van der Waals surface area contributed by atoms with E-state index < -0.39 is 0 Å². The van der Waals surface area contributed by atoms with Crippen molar-refractivity contribution in [2.24, 2.45) is 0 Å². The van der Waals surface area contributed by atoms with Gasteiger partial charge in [-0.2, -0.15) is 0 Å². The number of fused-ring (bicyclic) bond motifs is 5. The third-order valence-corrected chi connectivity index (χ3v) is 10.6. The largest absolute Gasteiger partial charge is 0.309 e. The van der Waals surface area contributed by atoms with Crippen LogP contribution in [0.2, 0.25) is 0 Å². The Labute approximate surface area is 308 Å². The highest BCUT2D eigenvalue weighted by molar-refractivity contribution is 6.22. The third kappa shape index (κ3) is 5.02. The lowest BCUT2D eigenvalue weighted by atomic mass is 9.85. The summed E-state index contributed by atoms with van der Waals surface area (Å²) in [6, 6.07) is 68.9. The lowest BCUT2D eigenvalue weighted by Gasteiger charge is -2.19. The van der Waals surface area contributed by atoms with Gasteiger partial charge in [0.1, 0.15) is 0 Å². The molecular formula is C51H32N2. The minimum Gasteiger partial charge on any atom is -0.309 e. The summed E-state index contributed by atoms with van der Waals surface area (Å²) in [6.45, 7) is 8.39. The van der Waals surface area contributed by atoms with Crippen molar-refractivity contribution < 1.29 is 0 Å². The van der Waals surface area contributed by atoms with Crippen LogP contribution in [0, 0.1) is 6.57 Å². The highest BCUT2D eigenvalue weighted by Gasteiger charge is 2.19. The third-order valence-electron chi connectivity index (χ3n) is 10.6. The Morgan fingerprint density at radius 3 is 1.38 bits per heavy atom. The molecule has 0 atom stereocenters. The Hall–Kier alpha value is -7.21. The van der Waals surface area contributed by atoms with Gasteiger partial charge in [-0.25, -0.2) is 4.85 Å². The number of para-hydroxylation sites is 2. The summed E-state index contributed by atoms with van der Waals surface area (Å²) >= 11 is 0. The molecule has 0 spiro atoms. The number of hydrogen-bond donors (Lipinski definition) is 0. The van der Waals surface area contributed by atoms with E-state index in [0.29, 0.717) is 5.69 Å². The van der Waals surface area contributed by atoms with Gasteiger partial charge in [0.25, 0.3) is 0 Å². The number of benzene rings is 9.